The molecule has 28 heavy (non-hydrogen) atoms. The van der Waals surface area contributed by atoms with Crippen molar-refractivity contribution in [3.05, 3.63) is 29.8 Å². The fourth-order valence-electron chi connectivity index (χ4n) is 5.35. The summed E-state index contributed by atoms with van der Waals surface area (Å²) in [6.45, 7) is 0. The molecule has 2 amide bonds. The van der Waals surface area contributed by atoms with Crippen molar-refractivity contribution in [3.8, 4) is 0 Å². The Balaban J connectivity index is 1.29. The molecule has 1 aromatic carbocycles. The third kappa shape index (κ3) is 4.57. The number of rotatable bonds is 5. The van der Waals surface area contributed by atoms with Crippen molar-refractivity contribution in [2.45, 2.75) is 82.3 Å². The van der Waals surface area contributed by atoms with Gasteiger partial charge in [0, 0.05) is 42.8 Å². The second-order valence-electron chi connectivity index (χ2n) is 9.01. The van der Waals surface area contributed by atoms with Gasteiger partial charge in [-0.15, -0.1) is 0 Å². The molecule has 3 fully saturated rings. The number of hydrogen-bond donors (Lipinski definition) is 2. The van der Waals surface area contributed by atoms with Crippen LogP contribution in [0.1, 0.15) is 74.6 Å². The lowest BCUT2D eigenvalue weighted by molar-refractivity contribution is -0.117. The Morgan fingerprint density at radius 2 is 1.64 bits per heavy atom. The molecule has 1 aliphatic carbocycles. The van der Waals surface area contributed by atoms with E-state index in [0.717, 1.165) is 31.4 Å². The fraction of sp³-hybridized carbons (Fsp3) is 0.652. The van der Waals surface area contributed by atoms with E-state index in [-0.39, 0.29) is 11.8 Å². The van der Waals surface area contributed by atoms with E-state index in [1.54, 1.807) is 0 Å². The van der Waals surface area contributed by atoms with Crippen LogP contribution < -0.4 is 10.6 Å². The van der Waals surface area contributed by atoms with E-state index in [1.807, 2.05) is 36.2 Å². The predicted molar refractivity (Wildman–Crippen MR) is 111 cm³/mol. The van der Waals surface area contributed by atoms with E-state index >= 15 is 0 Å². The van der Waals surface area contributed by atoms with Crippen LogP contribution in [0.25, 0.3) is 0 Å². The largest absolute Gasteiger partial charge is 0.339 e. The van der Waals surface area contributed by atoms with Crippen LogP contribution >= 0.6 is 0 Å². The molecule has 0 spiro atoms. The van der Waals surface area contributed by atoms with Gasteiger partial charge in [0.15, 0.2) is 0 Å². The molecule has 0 aromatic heterocycles. The Morgan fingerprint density at radius 3 is 2.29 bits per heavy atom. The zero-order valence-electron chi connectivity index (χ0n) is 17.0. The Labute approximate surface area is 168 Å². The van der Waals surface area contributed by atoms with E-state index in [2.05, 4.69) is 10.6 Å². The number of benzene rings is 1. The van der Waals surface area contributed by atoms with Crippen molar-refractivity contribution in [1.82, 2.24) is 10.2 Å². The minimum Gasteiger partial charge on any atom is -0.339 e. The van der Waals surface area contributed by atoms with E-state index in [0.29, 0.717) is 36.0 Å². The van der Waals surface area contributed by atoms with Crippen molar-refractivity contribution >= 4 is 17.5 Å². The second kappa shape index (κ2) is 8.64. The highest BCUT2D eigenvalue weighted by atomic mass is 16.2. The monoisotopic (exact) mass is 383 g/mol. The Bertz CT molecular complexity index is 684. The van der Waals surface area contributed by atoms with Gasteiger partial charge in [-0.1, -0.05) is 19.3 Å². The van der Waals surface area contributed by atoms with Crippen molar-refractivity contribution in [3.63, 3.8) is 0 Å². The van der Waals surface area contributed by atoms with Gasteiger partial charge in [0.05, 0.1) is 0 Å². The summed E-state index contributed by atoms with van der Waals surface area (Å²) >= 11 is 0. The topological polar surface area (TPSA) is 61.4 Å². The molecule has 2 N–H and O–H groups in total. The minimum absolute atomic E-state index is 0.0787. The quantitative estimate of drug-likeness (QED) is 0.809. The molecule has 1 aromatic rings. The molecule has 1 saturated carbocycles. The number of nitrogens with one attached hydrogen (secondary N) is 2. The number of nitrogens with zero attached hydrogens (tertiary/aromatic N) is 1. The van der Waals surface area contributed by atoms with Crippen LogP contribution in [-0.4, -0.2) is 41.9 Å². The van der Waals surface area contributed by atoms with Gasteiger partial charge in [-0.2, -0.15) is 0 Å². The standard InChI is InChI=1S/C23H33N3O2/c1-26(21-5-3-2-4-6-21)23(28)17-7-9-18(10-8-17)25-22(27)15-16-13-19-11-12-20(14-16)24-19/h7-10,16,19-21,24H,2-6,11-15H2,1H3,(H,25,27). The molecule has 2 saturated heterocycles. The summed E-state index contributed by atoms with van der Waals surface area (Å²) in [4.78, 5) is 27.1. The number of carbonyl (C=O) groups is 2. The molecule has 2 bridgehead atoms. The second-order valence-corrected chi connectivity index (χ2v) is 9.01. The molecule has 2 heterocycles. The van der Waals surface area contributed by atoms with Gasteiger partial charge in [0.2, 0.25) is 5.91 Å². The zero-order valence-corrected chi connectivity index (χ0v) is 17.0. The van der Waals surface area contributed by atoms with Gasteiger partial charge in [0.25, 0.3) is 5.91 Å². The third-order valence-electron chi connectivity index (χ3n) is 6.90. The molecule has 2 aliphatic heterocycles. The van der Waals surface area contributed by atoms with E-state index in [1.165, 1.54) is 32.1 Å². The molecule has 4 rings (SSSR count). The fourth-order valence-corrected chi connectivity index (χ4v) is 5.35. The molecule has 2 atom stereocenters. The summed E-state index contributed by atoms with van der Waals surface area (Å²) in [5.74, 6) is 0.656. The van der Waals surface area contributed by atoms with Gasteiger partial charge in [-0.25, -0.2) is 0 Å². The third-order valence-corrected chi connectivity index (χ3v) is 6.90. The van der Waals surface area contributed by atoms with Crippen LogP contribution in [0, 0.1) is 5.92 Å². The highest BCUT2D eigenvalue weighted by Gasteiger charge is 2.34. The molecule has 2 unspecified atom stereocenters. The van der Waals surface area contributed by atoms with E-state index in [4.69, 9.17) is 0 Å². The summed E-state index contributed by atoms with van der Waals surface area (Å²) in [7, 11) is 1.92. The molecule has 3 aliphatic rings. The Kier molecular flexibility index (Phi) is 6.00. The minimum atomic E-state index is 0.0787. The molecular weight excluding hydrogens is 350 g/mol. The van der Waals surface area contributed by atoms with Crippen molar-refractivity contribution in [2.24, 2.45) is 5.92 Å². The first-order valence-electron chi connectivity index (χ1n) is 11.0. The number of anilines is 1. The van der Waals surface area contributed by atoms with Gasteiger partial charge in [0.1, 0.15) is 0 Å². The van der Waals surface area contributed by atoms with Gasteiger partial charge >= 0.3 is 0 Å². The molecule has 0 radical (unpaired) electrons. The maximum absolute atomic E-state index is 12.7. The van der Waals surface area contributed by atoms with Crippen molar-refractivity contribution < 1.29 is 9.59 Å². The van der Waals surface area contributed by atoms with Crippen molar-refractivity contribution in [1.29, 1.82) is 0 Å². The smallest absolute Gasteiger partial charge is 0.253 e. The van der Waals surface area contributed by atoms with Gasteiger partial charge in [-0.05, 0) is 68.7 Å². The lowest BCUT2D eigenvalue weighted by Gasteiger charge is -2.31. The lowest BCUT2D eigenvalue weighted by atomic mass is 9.89. The number of hydrogen-bond acceptors (Lipinski definition) is 3. The SMILES string of the molecule is CN(C(=O)c1ccc(NC(=O)CC2CC3CCC(C2)N3)cc1)C1CCCCC1. The maximum Gasteiger partial charge on any atom is 0.253 e. The Hall–Kier alpha value is -1.88. The molecule has 152 valence electrons. The summed E-state index contributed by atoms with van der Waals surface area (Å²) in [5.41, 5.74) is 1.47. The van der Waals surface area contributed by atoms with E-state index < -0.39 is 0 Å². The number of carbonyl (C=O) groups excluding carboxylic acids is 2. The van der Waals surface area contributed by atoms with Crippen LogP contribution in [0.3, 0.4) is 0 Å². The first kappa shape index (κ1) is 19.4. The molecular formula is C23H33N3O2. The van der Waals surface area contributed by atoms with Crippen LogP contribution in [-0.2, 0) is 4.79 Å². The normalized spacial score (nSPS) is 27.4. The number of amides is 2. The lowest BCUT2D eigenvalue weighted by Crippen LogP contribution is -2.39. The number of piperidine rings is 1. The first-order valence-corrected chi connectivity index (χ1v) is 11.0. The Morgan fingerprint density at radius 1 is 1.00 bits per heavy atom. The maximum atomic E-state index is 12.7. The van der Waals surface area contributed by atoms with Gasteiger partial charge in [-0.3, -0.25) is 9.59 Å². The van der Waals surface area contributed by atoms with Gasteiger partial charge < -0.3 is 15.5 Å². The van der Waals surface area contributed by atoms with Crippen LogP contribution in [0.2, 0.25) is 0 Å². The van der Waals surface area contributed by atoms with E-state index in [9.17, 15) is 9.59 Å². The zero-order chi connectivity index (χ0) is 19.5. The predicted octanol–water partition coefficient (Wildman–Crippen LogP) is 3.95. The summed E-state index contributed by atoms with van der Waals surface area (Å²) in [6, 6.07) is 8.97. The number of fused-ring (bicyclic) bond motifs is 2. The highest BCUT2D eigenvalue weighted by Crippen LogP contribution is 2.32. The van der Waals surface area contributed by atoms with Crippen LogP contribution in [0.5, 0.6) is 0 Å². The molecule has 5 nitrogen and oxygen atoms in total. The summed E-state index contributed by atoms with van der Waals surface area (Å²) < 4.78 is 0. The highest BCUT2D eigenvalue weighted by molar-refractivity contribution is 5.96. The molecule has 5 heteroatoms. The van der Waals surface area contributed by atoms with Crippen LogP contribution in [0.4, 0.5) is 5.69 Å². The van der Waals surface area contributed by atoms with Crippen LogP contribution in [0.15, 0.2) is 24.3 Å². The first-order chi connectivity index (χ1) is 13.6. The summed E-state index contributed by atoms with van der Waals surface area (Å²) in [6.07, 6.45) is 11.3. The average Bonchev–Trinajstić information content (AvgIpc) is 3.06. The van der Waals surface area contributed by atoms with Crippen molar-refractivity contribution in [2.75, 3.05) is 12.4 Å². The summed E-state index contributed by atoms with van der Waals surface area (Å²) in [5, 5.41) is 6.64. The average molecular weight is 384 g/mol.